The van der Waals surface area contributed by atoms with Gasteiger partial charge in [-0.2, -0.15) is 0 Å². The van der Waals surface area contributed by atoms with Gasteiger partial charge in [-0.3, -0.25) is 14.5 Å². The summed E-state index contributed by atoms with van der Waals surface area (Å²) in [6.07, 6.45) is 5.67. The van der Waals surface area contributed by atoms with Crippen LogP contribution < -0.4 is 0 Å². The molecule has 0 radical (unpaired) electrons. The molecule has 164 valence electrons. The number of thioether (sulfide) groups is 1. The molecule has 2 aromatic rings. The Bertz CT molecular complexity index is 1070. The number of rotatable bonds is 5. The standard InChI is InChI=1S/C25H25N3O3S/c1-2-28-24(30)22(13-6-10-19-8-4-3-5-9-19)32-25(28)26-21-12-7-11-20(18-21)23(29)27-14-16-31-17-15-27/h3-13,18H,2,14-17H2,1H3/b10-6+,22-13+,26-25?. The van der Waals surface area contributed by atoms with E-state index >= 15 is 0 Å². The monoisotopic (exact) mass is 447 g/mol. The molecular formula is C25H25N3O3S. The third-order valence-corrected chi connectivity index (χ3v) is 6.18. The second-order valence-electron chi connectivity index (χ2n) is 7.30. The summed E-state index contributed by atoms with van der Waals surface area (Å²) in [5.41, 5.74) is 2.31. The summed E-state index contributed by atoms with van der Waals surface area (Å²) in [5.74, 6) is -0.0843. The van der Waals surface area contributed by atoms with Crippen molar-refractivity contribution >= 4 is 40.5 Å². The molecule has 4 rings (SSSR count). The zero-order valence-corrected chi connectivity index (χ0v) is 18.8. The van der Waals surface area contributed by atoms with Crippen molar-refractivity contribution in [1.29, 1.82) is 0 Å². The van der Waals surface area contributed by atoms with Gasteiger partial charge in [0.05, 0.1) is 23.8 Å². The summed E-state index contributed by atoms with van der Waals surface area (Å²) in [4.78, 5) is 34.4. The number of ether oxygens (including phenoxy) is 1. The first-order valence-corrected chi connectivity index (χ1v) is 11.5. The van der Waals surface area contributed by atoms with Gasteiger partial charge in [0, 0.05) is 25.2 Å². The summed E-state index contributed by atoms with van der Waals surface area (Å²) >= 11 is 1.35. The van der Waals surface area contributed by atoms with Crippen molar-refractivity contribution in [2.45, 2.75) is 6.92 Å². The van der Waals surface area contributed by atoms with Crippen LogP contribution in [0.1, 0.15) is 22.8 Å². The lowest BCUT2D eigenvalue weighted by atomic mass is 10.1. The van der Waals surface area contributed by atoms with Crippen LogP contribution in [0.4, 0.5) is 5.69 Å². The third kappa shape index (κ3) is 5.18. The van der Waals surface area contributed by atoms with E-state index < -0.39 is 0 Å². The van der Waals surface area contributed by atoms with Gasteiger partial charge in [0.15, 0.2) is 5.17 Å². The van der Waals surface area contributed by atoms with Crippen LogP contribution in [0.25, 0.3) is 6.08 Å². The van der Waals surface area contributed by atoms with E-state index in [-0.39, 0.29) is 11.8 Å². The van der Waals surface area contributed by atoms with E-state index in [0.717, 1.165) is 5.56 Å². The highest BCUT2D eigenvalue weighted by Crippen LogP contribution is 2.33. The minimum atomic E-state index is -0.0606. The number of amidine groups is 1. The molecule has 7 heteroatoms. The lowest BCUT2D eigenvalue weighted by molar-refractivity contribution is -0.122. The normalized spacial score (nSPS) is 19.5. The highest BCUT2D eigenvalue weighted by Gasteiger charge is 2.31. The van der Waals surface area contributed by atoms with Crippen molar-refractivity contribution in [3.8, 4) is 0 Å². The molecule has 0 aromatic heterocycles. The number of hydrogen-bond acceptors (Lipinski definition) is 5. The number of likely N-dealkylation sites (N-methyl/N-ethyl adjacent to an activating group) is 1. The Morgan fingerprint density at radius 1 is 1.12 bits per heavy atom. The van der Waals surface area contributed by atoms with Gasteiger partial charge in [-0.1, -0.05) is 48.6 Å². The Kier molecular flexibility index (Phi) is 7.19. The number of allylic oxidation sites excluding steroid dienone is 2. The number of amides is 2. The SMILES string of the molecule is CCN1C(=O)/C(=C\C=C\c2ccccc2)SC1=Nc1cccc(C(=O)N2CCOCC2)c1. The van der Waals surface area contributed by atoms with Crippen LogP contribution in [-0.4, -0.2) is 59.6 Å². The molecule has 32 heavy (non-hydrogen) atoms. The number of carbonyl (C=O) groups excluding carboxylic acids is 2. The van der Waals surface area contributed by atoms with Crippen LogP contribution >= 0.6 is 11.8 Å². The summed E-state index contributed by atoms with van der Waals surface area (Å²) < 4.78 is 5.33. The Morgan fingerprint density at radius 2 is 1.91 bits per heavy atom. The van der Waals surface area contributed by atoms with Crippen molar-refractivity contribution in [3.05, 3.63) is 82.8 Å². The predicted molar refractivity (Wildman–Crippen MR) is 129 cm³/mol. The molecule has 0 unspecified atom stereocenters. The van der Waals surface area contributed by atoms with Gasteiger partial charge in [0.25, 0.3) is 11.8 Å². The molecule has 2 aliphatic heterocycles. The van der Waals surface area contributed by atoms with Crippen LogP contribution in [-0.2, 0) is 9.53 Å². The fraction of sp³-hybridized carbons (Fsp3) is 0.240. The van der Waals surface area contributed by atoms with Crippen molar-refractivity contribution in [3.63, 3.8) is 0 Å². The zero-order valence-electron chi connectivity index (χ0n) is 17.9. The Morgan fingerprint density at radius 3 is 2.66 bits per heavy atom. The van der Waals surface area contributed by atoms with Gasteiger partial charge < -0.3 is 9.64 Å². The highest BCUT2D eigenvalue weighted by molar-refractivity contribution is 8.18. The molecule has 6 nitrogen and oxygen atoms in total. The number of benzene rings is 2. The second kappa shape index (κ2) is 10.4. The van der Waals surface area contributed by atoms with Gasteiger partial charge in [0.1, 0.15) is 0 Å². The summed E-state index contributed by atoms with van der Waals surface area (Å²) in [6.45, 7) is 4.76. The molecule has 0 spiro atoms. The number of nitrogens with zero attached hydrogens (tertiary/aromatic N) is 3. The minimum Gasteiger partial charge on any atom is -0.378 e. The topological polar surface area (TPSA) is 62.2 Å². The first kappa shape index (κ1) is 22.0. The maximum Gasteiger partial charge on any atom is 0.266 e. The molecule has 2 amide bonds. The first-order valence-electron chi connectivity index (χ1n) is 10.6. The average Bonchev–Trinajstić information content (AvgIpc) is 3.13. The maximum atomic E-state index is 12.8. The third-order valence-electron chi connectivity index (χ3n) is 5.16. The molecule has 2 saturated heterocycles. The molecule has 2 fully saturated rings. The Labute approximate surface area is 192 Å². The molecule has 2 heterocycles. The number of carbonyl (C=O) groups is 2. The van der Waals surface area contributed by atoms with Gasteiger partial charge in [-0.25, -0.2) is 4.99 Å². The number of hydrogen-bond donors (Lipinski definition) is 0. The summed E-state index contributed by atoms with van der Waals surface area (Å²) in [5, 5.41) is 0.618. The minimum absolute atomic E-state index is 0.0236. The second-order valence-corrected chi connectivity index (χ2v) is 8.31. The lowest BCUT2D eigenvalue weighted by Gasteiger charge is -2.26. The molecule has 0 bridgehead atoms. The largest absolute Gasteiger partial charge is 0.378 e. The van der Waals surface area contributed by atoms with Gasteiger partial charge in [-0.05, 0) is 48.5 Å². The quantitative estimate of drug-likeness (QED) is 0.640. The Hall–Kier alpha value is -3.16. The smallest absolute Gasteiger partial charge is 0.266 e. The van der Waals surface area contributed by atoms with E-state index in [1.807, 2.05) is 67.6 Å². The molecule has 0 N–H and O–H groups in total. The molecule has 0 atom stereocenters. The number of aliphatic imine (C=N–C) groups is 1. The van der Waals surface area contributed by atoms with E-state index in [1.165, 1.54) is 11.8 Å². The Balaban J connectivity index is 1.52. The number of morpholine rings is 1. The van der Waals surface area contributed by atoms with Crippen LogP contribution in [0.2, 0.25) is 0 Å². The van der Waals surface area contributed by atoms with Gasteiger partial charge in [-0.15, -0.1) is 0 Å². The van der Waals surface area contributed by atoms with Crippen molar-refractivity contribution in [2.24, 2.45) is 4.99 Å². The van der Waals surface area contributed by atoms with Gasteiger partial charge in [0.2, 0.25) is 0 Å². The summed E-state index contributed by atoms with van der Waals surface area (Å²) in [7, 11) is 0. The van der Waals surface area contributed by atoms with Crippen LogP contribution in [0.3, 0.4) is 0 Å². The van der Waals surface area contributed by atoms with Crippen molar-refractivity contribution in [2.75, 3.05) is 32.8 Å². The van der Waals surface area contributed by atoms with Crippen LogP contribution in [0, 0.1) is 0 Å². The van der Waals surface area contributed by atoms with E-state index in [4.69, 9.17) is 4.74 Å². The molecule has 0 aliphatic carbocycles. The van der Waals surface area contributed by atoms with Crippen molar-refractivity contribution < 1.29 is 14.3 Å². The van der Waals surface area contributed by atoms with E-state index in [0.29, 0.717) is 54.2 Å². The average molecular weight is 448 g/mol. The molecule has 0 saturated carbocycles. The summed E-state index contributed by atoms with van der Waals surface area (Å²) in [6, 6.07) is 17.2. The maximum absolute atomic E-state index is 12.8. The highest BCUT2D eigenvalue weighted by atomic mass is 32.2. The first-order chi connectivity index (χ1) is 15.7. The van der Waals surface area contributed by atoms with Crippen molar-refractivity contribution in [1.82, 2.24) is 9.80 Å². The van der Waals surface area contributed by atoms with E-state index in [1.54, 1.807) is 21.9 Å². The van der Waals surface area contributed by atoms with E-state index in [2.05, 4.69) is 4.99 Å². The molecule has 2 aromatic carbocycles. The van der Waals surface area contributed by atoms with Gasteiger partial charge >= 0.3 is 0 Å². The fourth-order valence-corrected chi connectivity index (χ4v) is 4.48. The zero-order chi connectivity index (χ0) is 22.3. The van der Waals surface area contributed by atoms with Crippen LogP contribution in [0.5, 0.6) is 0 Å². The fourth-order valence-electron chi connectivity index (χ4n) is 3.46. The molecular weight excluding hydrogens is 422 g/mol. The molecule has 2 aliphatic rings. The van der Waals surface area contributed by atoms with E-state index in [9.17, 15) is 9.59 Å². The van der Waals surface area contributed by atoms with Crippen LogP contribution in [0.15, 0.2) is 76.6 Å². The predicted octanol–water partition coefficient (Wildman–Crippen LogP) is 4.34. The lowest BCUT2D eigenvalue weighted by Crippen LogP contribution is -2.40.